The molecule has 3 N–H and O–H groups in total. The molecule has 6 heteroatoms. The van der Waals surface area contributed by atoms with E-state index in [-0.39, 0.29) is 24.9 Å². The molecular weight excluding hydrogens is 719 g/mol. The van der Waals surface area contributed by atoms with Gasteiger partial charge in [-0.25, -0.2) is 0 Å². The SMILES string of the molecule is CC/C=C/C=C/C=C/CCCCCCCC(CC(=O)NC(CO)C(O)CCCCCCCCCCCCCCC)OC(=O)CCCCC/C=C\CCCCCCCC. The number of amides is 1. The van der Waals surface area contributed by atoms with Crippen molar-refractivity contribution in [1.29, 1.82) is 0 Å². The number of rotatable bonds is 44. The molecule has 0 heterocycles. The van der Waals surface area contributed by atoms with Gasteiger partial charge in [-0.1, -0.05) is 211 Å². The van der Waals surface area contributed by atoms with Crippen molar-refractivity contribution in [2.45, 2.75) is 264 Å². The fourth-order valence-corrected chi connectivity index (χ4v) is 7.42. The molecule has 0 fully saturated rings. The molecule has 0 aromatic heterocycles. The number of carbonyl (C=O) groups excluding carboxylic acids is 2. The third-order valence-electron chi connectivity index (χ3n) is 11.2. The fraction of sp³-hybridized carbons (Fsp3) is 0.808. The van der Waals surface area contributed by atoms with Crippen molar-refractivity contribution < 1.29 is 24.5 Å². The van der Waals surface area contributed by atoms with Gasteiger partial charge >= 0.3 is 5.97 Å². The van der Waals surface area contributed by atoms with E-state index in [2.05, 4.69) is 74.7 Å². The summed E-state index contributed by atoms with van der Waals surface area (Å²) in [7, 11) is 0. The third-order valence-corrected chi connectivity index (χ3v) is 11.2. The number of hydrogen-bond acceptors (Lipinski definition) is 5. The summed E-state index contributed by atoms with van der Waals surface area (Å²) >= 11 is 0. The molecule has 58 heavy (non-hydrogen) atoms. The highest BCUT2D eigenvalue weighted by Gasteiger charge is 2.24. The van der Waals surface area contributed by atoms with E-state index in [0.717, 1.165) is 96.3 Å². The van der Waals surface area contributed by atoms with Crippen molar-refractivity contribution in [3.05, 3.63) is 48.6 Å². The number of allylic oxidation sites excluding steroid dienone is 8. The van der Waals surface area contributed by atoms with Crippen LogP contribution in [0.5, 0.6) is 0 Å². The van der Waals surface area contributed by atoms with E-state index in [1.165, 1.54) is 103 Å². The van der Waals surface area contributed by atoms with E-state index in [4.69, 9.17) is 4.74 Å². The molecule has 0 saturated heterocycles. The second-order valence-corrected chi connectivity index (χ2v) is 16.9. The normalized spacial score (nSPS) is 13.7. The lowest BCUT2D eigenvalue weighted by Crippen LogP contribution is -2.46. The Bertz CT molecular complexity index is 1000. The van der Waals surface area contributed by atoms with Crippen molar-refractivity contribution in [3.8, 4) is 0 Å². The van der Waals surface area contributed by atoms with Crippen LogP contribution in [-0.2, 0) is 14.3 Å². The summed E-state index contributed by atoms with van der Waals surface area (Å²) in [6.07, 6.45) is 54.5. The first-order chi connectivity index (χ1) is 28.5. The number of aliphatic hydroxyl groups excluding tert-OH is 2. The highest BCUT2D eigenvalue weighted by atomic mass is 16.5. The number of unbranched alkanes of at least 4 members (excludes halogenated alkanes) is 26. The Labute approximate surface area is 359 Å². The number of nitrogens with one attached hydrogen (secondary N) is 1. The summed E-state index contributed by atoms with van der Waals surface area (Å²) in [5.74, 6) is -0.511. The lowest BCUT2D eigenvalue weighted by atomic mass is 10.0. The van der Waals surface area contributed by atoms with E-state index in [0.29, 0.717) is 19.3 Å². The maximum absolute atomic E-state index is 13.2. The van der Waals surface area contributed by atoms with Crippen LogP contribution in [0.25, 0.3) is 0 Å². The molecule has 0 spiro atoms. The van der Waals surface area contributed by atoms with Gasteiger partial charge < -0.3 is 20.3 Å². The quantitative estimate of drug-likeness (QED) is 0.0246. The van der Waals surface area contributed by atoms with Crippen molar-refractivity contribution in [3.63, 3.8) is 0 Å². The Morgan fingerprint density at radius 1 is 0.517 bits per heavy atom. The molecule has 3 atom stereocenters. The van der Waals surface area contributed by atoms with E-state index in [1.54, 1.807) is 0 Å². The number of hydrogen-bond donors (Lipinski definition) is 3. The van der Waals surface area contributed by atoms with Crippen LogP contribution < -0.4 is 5.32 Å². The van der Waals surface area contributed by atoms with Crippen LogP contribution >= 0.6 is 0 Å². The highest BCUT2D eigenvalue weighted by molar-refractivity contribution is 5.77. The van der Waals surface area contributed by atoms with Gasteiger partial charge in [0.25, 0.3) is 0 Å². The maximum atomic E-state index is 13.2. The summed E-state index contributed by atoms with van der Waals surface area (Å²) < 4.78 is 5.90. The molecule has 0 radical (unpaired) electrons. The zero-order valence-electron chi connectivity index (χ0n) is 38.4. The van der Waals surface area contributed by atoms with Crippen molar-refractivity contribution in [1.82, 2.24) is 5.32 Å². The fourth-order valence-electron chi connectivity index (χ4n) is 7.42. The van der Waals surface area contributed by atoms with Crippen LogP contribution in [0.2, 0.25) is 0 Å². The van der Waals surface area contributed by atoms with Crippen LogP contribution in [0, 0.1) is 0 Å². The minimum absolute atomic E-state index is 0.0584. The molecule has 6 nitrogen and oxygen atoms in total. The molecule has 0 bridgehead atoms. The third kappa shape index (κ3) is 40.6. The Morgan fingerprint density at radius 3 is 1.45 bits per heavy atom. The minimum atomic E-state index is -0.795. The van der Waals surface area contributed by atoms with Gasteiger partial charge in [0, 0.05) is 6.42 Å². The monoisotopic (exact) mass is 814 g/mol. The molecule has 338 valence electrons. The maximum Gasteiger partial charge on any atom is 0.306 e. The van der Waals surface area contributed by atoms with Gasteiger partial charge in [0.15, 0.2) is 0 Å². The van der Waals surface area contributed by atoms with E-state index in [1.807, 2.05) is 0 Å². The van der Waals surface area contributed by atoms with Gasteiger partial charge in [-0.2, -0.15) is 0 Å². The van der Waals surface area contributed by atoms with Crippen LogP contribution in [0.1, 0.15) is 245 Å². The second kappa shape index (κ2) is 45.9. The summed E-state index contributed by atoms with van der Waals surface area (Å²) in [6, 6.07) is -0.710. The zero-order chi connectivity index (χ0) is 42.4. The van der Waals surface area contributed by atoms with Crippen molar-refractivity contribution >= 4 is 11.9 Å². The van der Waals surface area contributed by atoms with Crippen LogP contribution in [-0.4, -0.2) is 46.9 Å². The smallest absolute Gasteiger partial charge is 0.306 e. The van der Waals surface area contributed by atoms with Gasteiger partial charge in [-0.05, 0) is 70.6 Å². The first kappa shape index (κ1) is 55.8. The van der Waals surface area contributed by atoms with E-state index in [9.17, 15) is 19.8 Å². The van der Waals surface area contributed by atoms with Gasteiger partial charge in [-0.3, -0.25) is 9.59 Å². The summed E-state index contributed by atoms with van der Waals surface area (Å²) in [6.45, 7) is 6.33. The topological polar surface area (TPSA) is 95.9 Å². The highest BCUT2D eigenvalue weighted by Crippen LogP contribution is 2.17. The molecule has 0 aliphatic rings. The molecule has 0 aliphatic carbocycles. The molecule has 3 unspecified atom stereocenters. The largest absolute Gasteiger partial charge is 0.462 e. The van der Waals surface area contributed by atoms with Crippen LogP contribution in [0.3, 0.4) is 0 Å². The molecule has 0 saturated carbocycles. The average Bonchev–Trinajstić information content (AvgIpc) is 3.22. The molecule has 0 aromatic rings. The number of ether oxygens (including phenoxy) is 1. The lowest BCUT2D eigenvalue weighted by molar-refractivity contribution is -0.151. The van der Waals surface area contributed by atoms with Gasteiger partial charge in [0.05, 0.1) is 25.2 Å². The zero-order valence-corrected chi connectivity index (χ0v) is 38.4. The van der Waals surface area contributed by atoms with Gasteiger partial charge in [0.1, 0.15) is 6.10 Å². The van der Waals surface area contributed by atoms with Crippen molar-refractivity contribution in [2.24, 2.45) is 0 Å². The lowest BCUT2D eigenvalue weighted by Gasteiger charge is -2.24. The molecule has 1 amide bonds. The van der Waals surface area contributed by atoms with Crippen LogP contribution in [0.4, 0.5) is 0 Å². The Kier molecular flexibility index (Phi) is 44.2. The van der Waals surface area contributed by atoms with Crippen LogP contribution in [0.15, 0.2) is 48.6 Å². The van der Waals surface area contributed by atoms with Gasteiger partial charge in [-0.15, -0.1) is 0 Å². The average molecular weight is 814 g/mol. The second-order valence-electron chi connectivity index (χ2n) is 16.9. The summed E-state index contributed by atoms with van der Waals surface area (Å²) in [4.78, 5) is 26.1. The molecule has 0 rings (SSSR count). The summed E-state index contributed by atoms with van der Waals surface area (Å²) in [5.41, 5.74) is 0. The predicted molar refractivity (Wildman–Crippen MR) is 250 cm³/mol. The standard InChI is InChI=1S/C52H95NO5/c1-4-7-10-13-16-19-22-25-28-31-34-37-40-43-48(58-52(57)45-42-39-36-33-30-27-24-21-18-15-12-9-6-3)46-51(56)53-49(47-54)50(55)44-41-38-35-32-29-26-23-20-17-14-11-8-5-2/h7,10,13,16,19,22,27,30,48-50,54-55H,4-6,8-9,11-12,14-15,17-18,20-21,23-26,28-29,31-47H2,1-3H3,(H,53,56)/b10-7+,16-13+,22-19+,30-27-. The minimum Gasteiger partial charge on any atom is -0.462 e. The van der Waals surface area contributed by atoms with Crippen molar-refractivity contribution in [2.75, 3.05) is 6.61 Å². The Balaban J connectivity index is 4.62. The van der Waals surface area contributed by atoms with E-state index < -0.39 is 18.2 Å². The Morgan fingerprint density at radius 2 is 0.948 bits per heavy atom. The molecule has 0 aliphatic heterocycles. The first-order valence-electron chi connectivity index (χ1n) is 24.9. The number of aliphatic hydroxyl groups is 2. The first-order valence-corrected chi connectivity index (χ1v) is 24.9. The molecule has 0 aromatic carbocycles. The predicted octanol–water partition coefficient (Wildman–Crippen LogP) is 14.7. The molecular formula is C52H95NO5. The number of carbonyl (C=O) groups is 2. The van der Waals surface area contributed by atoms with Gasteiger partial charge in [0.2, 0.25) is 5.91 Å². The number of esters is 1. The summed E-state index contributed by atoms with van der Waals surface area (Å²) in [5, 5.41) is 23.7. The van der Waals surface area contributed by atoms with E-state index >= 15 is 0 Å². The Hall–Kier alpha value is -2.18.